The highest BCUT2D eigenvalue weighted by Crippen LogP contribution is 2.40. The Morgan fingerprint density at radius 1 is 1.07 bits per heavy atom. The van der Waals surface area contributed by atoms with Gasteiger partial charge in [-0.15, -0.1) is 22.7 Å². The number of nitrogens with one attached hydrogen (secondary N) is 2. The molecule has 2 heterocycles. The van der Waals surface area contributed by atoms with Gasteiger partial charge in [0.15, 0.2) is 0 Å². The van der Waals surface area contributed by atoms with Crippen LogP contribution in [-0.4, -0.2) is 18.4 Å². The number of para-hydroxylation sites is 2. The van der Waals surface area contributed by atoms with E-state index in [0.29, 0.717) is 33.5 Å². The lowest BCUT2D eigenvalue weighted by molar-refractivity contribution is 0.102. The van der Waals surface area contributed by atoms with E-state index in [-0.39, 0.29) is 11.8 Å². The van der Waals surface area contributed by atoms with Crippen molar-refractivity contribution in [3.05, 3.63) is 62.7 Å². The third kappa shape index (κ3) is 3.68. The van der Waals surface area contributed by atoms with Crippen molar-refractivity contribution in [1.82, 2.24) is 0 Å². The number of ether oxygens (including phenoxy) is 1. The first kappa shape index (κ1) is 18.7. The molecule has 0 aliphatic heterocycles. The summed E-state index contributed by atoms with van der Waals surface area (Å²) in [5, 5.41) is 8.40. The minimum Gasteiger partial charge on any atom is -0.492 e. The highest BCUT2D eigenvalue weighted by atomic mass is 32.1. The van der Waals surface area contributed by atoms with Crippen molar-refractivity contribution in [2.24, 2.45) is 0 Å². The van der Waals surface area contributed by atoms with Crippen LogP contribution in [0.2, 0.25) is 0 Å². The van der Waals surface area contributed by atoms with Crippen LogP contribution < -0.4 is 15.4 Å². The SMILES string of the molecule is CCOc1ccccc1NC(=O)c1c(NC(=O)c2cccs2)sc2c1CCC2. The minimum atomic E-state index is -0.215. The van der Waals surface area contributed by atoms with Gasteiger partial charge in [0.2, 0.25) is 0 Å². The van der Waals surface area contributed by atoms with Crippen LogP contribution in [0.25, 0.3) is 0 Å². The molecule has 0 bridgehead atoms. The first-order chi connectivity index (χ1) is 13.7. The fourth-order valence-corrected chi connectivity index (χ4v) is 5.24. The number of hydrogen-bond acceptors (Lipinski definition) is 5. The smallest absolute Gasteiger partial charge is 0.266 e. The average molecular weight is 413 g/mol. The molecule has 4 rings (SSSR count). The van der Waals surface area contributed by atoms with E-state index in [1.165, 1.54) is 27.6 Å². The number of benzene rings is 1. The van der Waals surface area contributed by atoms with Crippen molar-refractivity contribution in [1.29, 1.82) is 0 Å². The largest absolute Gasteiger partial charge is 0.492 e. The normalized spacial score (nSPS) is 12.5. The third-order valence-corrected chi connectivity index (χ3v) is 6.63. The third-order valence-electron chi connectivity index (χ3n) is 4.56. The molecule has 144 valence electrons. The van der Waals surface area contributed by atoms with E-state index in [4.69, 9.17) is 4.74 Å². The molecule has 0 saturated carbocycles. The lowest BCUT2D eigenvalue weighted by Gasteiger charge is -2.12. The zero-order chi connectivity index (χ0) is 19.5. The molecule has 0 spiro atoms. The number of carbonyl (C=O) groups is 2. The van der Waals surface area contributed by atoms with E-state index in [9.17, 15) is 9.59 Å². The standard InChI is InChI=1S/C21H20N2O3S2/c1-2-26-15-9-4-3-8-14(15)22-20(25)18-13-7-5-10-16(13)28-21(18)23-19(24)17-11-6-12-27-17/h3-4,6,8-9,11-12H,2,5,7,10H2,1H3,(H,22,25)(H,23,24). The van der Waals surface area contributed by atoms with Crippen molar-refractivity contribution < 1.29 is 14.3 Å². The zero-order valence-electron chi connectivity index (χ0n) is 15.4. The van der Waals surface area contributed by atoms with Crippen LogP contribution in [0.5, 0.6) is 5.75 Å². The molecule has 1 aromatic carbocycles. The van der Waals surface area contributed by atoms with Crippen LogP contribution in [0.15, 0.2) is 41.8 Å². The molecule has 2 N–H and O–H groups in total. The molecule has 5 nitrogen and oxygen atoms in total. The van der Waals surface area contributed by atoms with Gasteiger partial charge in [-0.1, -0.05) is 18.2 Å². The molecule has 0 fully saturated rings. The maximum Gasteiger partial charge on any atom is 0.266 e. The maximum absolute atomic E-state index is 13.2. The van der Waals surface area contributed by atoms with Crippen LogP contribution in [-0.2, 0) is 12.8 Å². The van der Waals surface area contributed by atoms with Crippen molar-refractivity contribution in [3.63, 3.8) is 0 Å². The van der Waals surface area contributed by atoms with Gasteiger partial charge in [-0.25, -0.2) is 0 Å². The van der Waals surface area contributed by atoms with Gasteiger partial charge < -0.3 is 15.4 Å². The Kier molecular flexibility index (Phi) is 5.45. The number of thiophene rings is 2. The number of anilines is 2. The zero-order valence-corrected chi connectivity index (χ0v) is 17.0. The molecule has 2 aromatic heterocycles. The summed E-state index contributed by atoms with van der Waals surface area (Å²) in [6.45, 7) is 2.42. The van der Waals surface area contributed by atoms with Gasteiger partial charge in [-0.2, -0.15) is 0 Å². The number of fused-ring (bicyclic) bond motifs is 1. The summed E-state index contributed by atoms with van der Waals surface area (Å²) < 4.78 is 5.61. The van der Waals surface area contributed by atoms with Crippen molar-refractivity contribution in [2.75, 3.05) is 17.2 Å². The maximum atomic E-state index is 13.2. The molecular weight excluding hydrogens is 392 g/mol. The first-order valence-electron chi connectivity index (χ1n) is 9.20. The van der Waals surface area contributed by atoms with Crippen molar-refractivity contribution >= 4 is 45.2 Å². The Morgan fingerprint density at radius 2 is 1.93 bits per heavy atom. The second-order valence-electron chi connectivity index (χ2n) is 6.38. The summed E-state index contributed by atoms with van der Waals surface area (Å²) in [5.41, 5.74) is 2.26. The molecule has 0 saturated heterocycles. The van der Waals surface area contributed by atoms with E-state index in [1.54, 1.807) is 6.07 Å². The summed E-state index contributed by atoms with van der Waals surface area (Å²) in [5.74, 6) is 0.237. The summed E-state index contributed by atoms with van der Waals surface area (Å²) >= 11 is 2.89. The Labute approximate surface area is 171 Å². The van der Waals surface area contributed by atoms with Crippen LogP contribution in [0.1, 0.15) is 43.8 Å². The molecule has 28 heavy (non-hydrogen) atoms. The van der Waals surface area contributed by atoms with Gasteiger partial charge in [-0.05, 0) is 55.3 Å². The summed E-state index contributed by atoms with van der Waals surface area (Å²) in [6.07, 6.45) is 2.84. The highest BCUT2D eigenvalue weighted by Gasteiger charge is 2.28. The first-order valence-corrected chi connectivity index (χ1v) is 10.9. The summed E-state index contributed by atoms with van der Waals surface area (Å²) in [6, 6.07) is 11.0. The molecule has 0 atom stereocenters. The number of carbonyl (C=O) groups excluding carboxylic acids is 2. The lowest BCUT2D eigenvalue weighted by atomic mass is 10.1. The number of amides is 2. The van der Waals surface area contributed by atoms with Crippen molar-refractivity contribution in [3.8, 4) is 5.75 Å². The van der Waals surface area contributed by atoms with Gasteiger partial charge in [0.25, 0.3) is 11.8 Å². The predicted molar refractivity (Wildman–Crippen MR) is 114 cm³/mol. The molecule has 1 aliphatic rings. The molecular formula is C21H20N2O3S2. The van der Waals surface area contributed by atoms with E-state index in [1.807, 2.05) is 42.6 Å². The molecule has 7 heteroatoms. The van der Waals surface area contributed by atoms with Gasteiger partial charge in [-0.3, -0.25) is 9.59 Å². The predicted octanol–water partition coefficient (Wildman–Crippen LogP) is 5.20. The van der Waals surface area contributed by atoms with Crippen LogP contribution in [0.4, 0.5) is 10.7 Å². The van der Waals surface area contributed by atoms with E-state index in [2.05, 4.69) is 10.6 Å². The Bertz CT molecular complexity index is 1010. The Hall–Kier alpha value is -2.64. The van der Waals surface area contributed by atoms with Crippen LogP contribution in [0, 0.1) is 0 Å². The summed E-state index contributed by atoms with van der Waals surface area (Å²) in [7, 11) is 0. The quantitative estimate of drug-likeness (QED) is 0.585. The van der Waals surface area contributed by atoms with Gasteiger partial charge in [0, 0.05) is 4.88 Å². The van der Waals surface area contributed by atoms with Crippen molar-refractivity contribution in [2.45, 2.75) is 26.2 Å². The van der Waals surface area contributed by atoms with E-state index in [0.717, 1.165) is 24.8 Å². The van der Waals surface area contributed by atoms with E-state index < -0.39 is 0 Å². The molecule has 2 amide bonds. The number of rotatable bonds is 6. The number of hydrogen-bond donors (Lipinski definition) is 2. The average Bonchev–Trinajstić information content (AvgIpc) is 3.40. The lowest BCUT2D eigenvalue weighted by Crippen LogP contribution is -2.18. The van der Waals surface area contributed by atoms with E-state index >= 15 is 0 Å². The Morgan fingerprint density at radius 3 is 2.71 bits per heavy atom. The molecule has 0 unspecified atom stereocenters. The molecule has 0 radical (unpaired) electrons. The monoisotopic (exact) mass is 412 g/mol. The Balaban J connectivity index is 1.63. The molecule has 3 aromatic rings. The second-order valence-corrected chi connectivity index (χ2v) is 8.43. The van der Waals surface area contributed by atoms with Gasteiger partial charge >= 0.3 is 0 Å². The van der Waals surface area contributed by atoms with Gasteiger partial charge in [0.1, 0.15) is 10.8 Å². The highest BCUT2D eigenvalue weighted by molar-refractivity contribution is 7.17. The van der Waals surface area contributed by atoms with Crippen LogP contribution >= 0.6 is 22.7 Å². The molecule has 1 aliphatic carbocycles. The second kappa shape index (κ2) is 8.16. The van der Waals surface area contributed by atoms with Gasteiger partial charge in [0.05, 0.1) is 22.7 Å². The topological polar surface area (TPSA) is 67.4 Å². The number of aryl methyl sites for hydroxylation is 1. The fraction of sp³-hybridized carbons (Fsp3) is 0.238. The van der Waals surface area contributed by atoms with Crippen LogP contribution in [0.3, 0.4) is 0 Å². The minimum absolute atomic E-state index is 0.182. The fourth-order valence-electron chi connectivity index (χ4n) is 3.34. The summed E-state index contributed by atoms with van der Waals surface area (Å²) in [4.78, 5) is 27.5.